The van der Waals surface area contributed by atoms with Crippen LogP contribution in [0.5, 0.6) is 0 Å². The molecule has 38 heavy (non-hydrogen) atoms. The molecule has 0 amide bonds. The second kappa shape index (κ2) is 21.6. The van der Waals surface area contributed by atoms with Gasteiger partial charge in [-0.3, -0.25) is 0 Å². The minimum absolute atomic E-state index is 0.690. The van der Waals surface area contributed by atoms with Gasteiger partial charge < -0.3 is 9.80 Å². The maximum absolute atomic E-state index is 2.88. The molecule has 2 heterocycles. The van der Waals surface area contributed by atoms with Gasteiger partial charge in [-0.05, 0) is 75.4 Å². The Labute approximate surface area is 241 Å². The zero-order chi connectivity index (χ0) is 27.3. The molecule has 0 aromatic rings. The van der Waals surface area contributed by atoms with E-state index in [1.807, 2.05) is 0 Å². The highest BCUT2D eigenvalue weighted by Gasteiger charge is 2.44. The summed E-state index contributed by atoms with van der Waals surface area (Å²) in [6.45, 7) is 17.7. The minimum Gasteiger partial charge on any atom is -0.303 e. The van der Waals surface area contributed by atoms with Crippen LogP contribution in [0.3, 0.4) is 0 Å². The Morgan fingerprint density at radius 1 is 0.474 bits per heavy atom. The molecule has 1 spiro atoms. The van der Waals surface area contributed by atoms with Gasteiger partial charge in [0.15, 0.2) is 0 Å². The van der Waals surface area contributed by atoms with Gasteiger partial charge in [-0.15, -0.1) is 0 Å². The summed E-state index contributed by atoms with van der Waals surface area (Å²) < 4.78 is 0. The Balaban J connectivity index is 1.63. The predicted molar refractivity (Wildman–Crippen MR) is 171 cm³/mol. The topological polar surface area (TPSA) is 6.48 Å². The van der Waals surface area contributed by atoms with E-state index in [9.17, 15) is 0 Å². The Hall–Kier alpha value is -0.0800. The van der Waals surface area contributed by atoms with Crippen LogP contribution in [-0.2, 0) is 0 Å². The van der Waals surface area contributed by atoms with E-state index in [0.717, 1.165) is 11.8 Å². The second-order valence-electron chi connectivity index (χ2n) is 13.9. The molecular weight excluding hydrogens is 460 g/mol. The number of nitrogens with zero attached hydrogens (tertiary/aromatic N) is 2. The molecule has 2 nitrogen and oxygen atoms in total. The first-order chi connectivity index (χ1) is 18.6. The van der Waals surface area contributed by atoms with E-state index in [4.69, 9.17) is 0 Å². The number of hydrogen-bond donors (Lipinski definition) is 0. The van der Waals surface area contributed by atoms with Crippen molar-refractivity contribution >= 4 is 0 Å². The zero-order valence-corrected chi connectivity index (χ0v) is 27.1. The SMILES string of the molecule is CCCCCCCC(CCCCCC)CN1CCC2(CC1)CN(CCCC(CCCC)CCCCCC)C2. The summed E-state index contributed by atoms with van der Waals surface area (Å²) in [5, 5.41) is 0. The van der Waals surface area contributed by atoms with Gasteiger partial charge in [-0.1, -0.05) is 137 Å². The van der Waals surface area contributed by atoms with Gasteiger partial charge in [0.1, 0.15) is 0 Å². The number of likely N-dealkylation sites (tertiary alicyclic amines) is 2. The molecule has 0 saturated carbocycles. The molecule has 0 aromatic heterocycles. The van der Waals surface area contributed by atoms with Crippen LogP contribution in [0.15, 0.2) is 0 Å². The van der Waals surface area contributed by atoms with Gasteiger partial charge in [0.2, 0.25) is 0 Å². The molecule has 2 heteroatoms. The Kier molecular flexibility index (Phi) is 19.4. The van der Waals surface area contributed by atoms with Crippen LogP contribution in [0.25, 0.3) is 0 Å². The van der Waals surface area contributed by atoms with Crippen LogP contribution < -0.4 is 0 Å². The van der Waals surface area contributed by atoms with Crippen LogP contribution in [0.1, 0.15) is 175 Å². The first-order valence-electron chi connectivity index (χ1n) is 18.1. The largest absolute Gasteiger partial charge is 0.303 e. The first-order valence-corrected chi connectivity index (χ1v) is 18.1. The number of hydrogen-bond acceptors (Lipinski definition) is 2. The molecule has 2 atom stereocenters. The quantitative estimate of drug-likeness (QED) is 0.108. The van der Waals surface area contributed by atoms with Gasteiger partial charge in [0.05, 0.1) is 0 Å². The average molecular weight is 533 g/mol. The van der Waals surface area contributed by atoms with Gasteiger partial charge in [-0.25, -0.2) is 0 Å². The van der Waals surface area contributed by atoms with Crippen LogP contribution in [0.2, 0.25) is 0 Å². The molecular formula is C36H72N2. The molecule has 2 aliphatic rings. The van der Waals surface area contributed by atoms with Crippen molar-refractivity contribution in [3.05, 3.63) is 0 Å². The van der Waals surface area contributed by atoms with Crippen molar-refractivity contribution in [3.63, 3.8) is 0 Å². The van der Waals surface area contributed by atoms with E-state index in [2.05, 4.69) is 37.5 Å². The van der Waals surface area contributed by atoms with E-state index < -0.39 is 0 Å². The lowest BCUT2D eigenvalue weighted by Crippen LogP contribution is -2.60. The lowest BCUT2D eigenvalue weighted by atomic mass is 9.71. The van der Waals surface area contributed by atoms with E-state index >= 15 is 0 Å². The smallest absolute Gasteiger partial charge is 0.00514 e. The Morgan fingerprint density at radius 3 is 1.47 bits per heavy atom. The Bertz CT molecular complexity index is 515. The van der Waals surface area contributed by atoms with E-state index in [1.165, 1.54) is 187 Å². The fourth-order valence-corrected chi connectivity index (χ4v) is 7.56. The molecule has 0 N–H and O–H groups in total. The van der Waals surface area contributed by atoms with Gasteiger partial charge in [0.25, 0.3) is 0 Å². The van der Waals surface area contributed by atoms with Gasteiger partial charge in [-0.2, -0.15) is 0 Å². The van der Waals surface area contributed by atoms with Crippen molar-refractivity contribution < 1.29 is 0 Å². The first kappa shape index (κ1) is 34.1. The molecule has 2 aliphatic heterocycles. The summed E-state index contributed by atoms with van der Waals surface area (Å²) in [7, 11) is 0. The average Bonchev–Trinajstić information content (AvgIpc) is 2.91. The normalized spacial score (nSPS) is 19.6. The van der Waals surface area contributed by atoms with Crippen molar-refractivity contribution in [3.8, 4) is 0 Å². The molecule has 2 unspecified atom stereocenters. The van der Waals surface area contributed by atoms with Gasteiger partial charge in [0, 0.05) is 19.6 Å². The number of unbranched alkanes of at least 4 members (excludes halogenated alkanes) is 11. The maximum Gasteiger partial charge on any atom is 0.00514 e. The molecule has 0 radical (unpaired) electrons. The molecule has 2 saturated heterocycles. The molecule has 226 valence electrons. The third-order valence-electron chi connectivity index (χ3n) is 10.3. The maximum atomic E-state index is 2.88. The predicted octanol–water partition coefficient (Wildman–Crippen LogP) is 10.9. The van der Waals surface area contributed by atoms with Crippen LogP contribution in [-0.4, -0.2) is 49.1 Å². The van der Waals surface area contributed by atoms with E-state index in [-0.39, 0.29) is 0 Å². The van der Waals surface area contributed by atoms with Crippen molar-refractivity contribution in [2.75, 3.05) is 39.3 Å². The molecule has 0 aromatic carbocycles. The van der Waals surface area contributed by atoms with Crippen LogP contribution >= 0.6 is 0 Å². The summed E-state index contributed by atoms with van der Waals surface area (Å²) in [5.74, 6) is 1.97. The molecule has 0 bridgehead atoms. The lowest BCUT2D eigenvalue weighted by molar-refractivity contribution is -0.0496. The molecule has 2 fully saturated rings. The van der Waals surface area contributed by atoms with Crippen molar-refractivity contribution in [2.45, 2.75) is 175 Å². The fourth-order valence-electron chi connectivity index (χ4n) is 7.56. The third-order valence-corrected chi connectivity index (χ3v) is 10.3. The third kappa shape index (κ3) is 14.5. The molecule has 2 rings (SSSR count). The second-order valence-corrected chi connectivity index (χ2v) is 13.9. The highest BCUT2D eigenvalue weighted by Crippen LogP contribution is 2.41. The standard InChI is InChI=1S/C36H72N2/c1-5-9-13-16-19-24-35(23-18-15-11-7-3)31-37-29-26-36(27-30-37)32-38(33-36)28-20-25-34(21-12-8-4)22-17-14-10-6-2/h34-35H,5-33H2,1-4H3. The van der Waals surface area contributed by atoms with Crippen molar-refractivity contribution in [2.24, 2.45) is 17.3 Å². The van der Waals surface area contributed by atoms with E-state index in [1.54, 1.807) is 0 Å². The summed E-state index contributed by atoms with van der Waals surface area (Å²) in [4.78, 5) is 5.69. The van der Waals surface area contributed by atoms with Crippen molar-refractivity contribution in [1.29, 1.82) is 0 Å². The van der Waals surface area contributed by atoms with Crippen LogP contribution in [0, 0.1) is 17.3 Å². The Morgan fingerprint density at radius 2 is 0.921 bits per heavy atom. The summed E-state index contributed by atoms with van der Waals surface area (Å²) in [5.41, 5.74) is 0.690. The highest BCUT2D eigenvalue weighted by molar-refractivity contribution is 4.98. The lowest BCUT2D eigenvalue weighted by Gasteiger charge is -2.54. The van der Waals surface area contributed by atoms with E-state index in [0.29, 0.717) is 5.41 Å². The number of rotatable bonds is 25. The summed E-state index contributed by atoms with van der Waals surface area (Å²) in [6.07, 6.45) is 33.3. The van der Waals surface area contributed by atoms with Gasteiger partial charge >= 0.3 is 0 Å². The minimum atomic E-state index is 0.690. The summed E-state index contributed by atoms with van der Waals surface area (Å²) >= 11 is 0. The molecule has 0 aliphatic carbocycles. The monoisotopic (exact) mass is 533 g/mol. The zero-order valence-electron chi connectivity index (χ0n) is 27.1. The number of piperidine rings is 1. The highest BCUT2D eigenvalue weighted by atomic mass is 15.2. The summed E-state index contributed by atoms with van der Waals surface area (Å²) in [6, 6.07) is 0. The van der Waals surface area contributed by atoms with Crippen LogP contribution in [0.4, 0.5) is 0 Å². The fraction of sp³-hybridized carbons (Fsp3) is 1.00. The van der Waals surface area contributed by atoms with Crippen molar-refractivity contribution in [1.82, 2.24) is 9.80 Å².